The van der Waals surface area contributed by atoms with Gasteiger partial charge in [0, 0.05) is 44.6 Å². The Morgan fingerprint density at radius 1 is 1.29 bits per heavy atom. The van der Waals surface area contributed by atoms with Crippen LogP contribution in [0.1, 0.15) is 36.7 Å². The molecule has 2 heterocycles. The van der Waals surface area contributed by atoms with Crippen LogP contribution in [-0.4, -0.2) is 60.5 Å². The maximum atomic E-state index is 12.5. The molecule has 0 aliphatic carbocycles. The van der Waals surface area contributed by atoms with Crippen molar-refractivity contribution in [1.82, 2.24) is 14.8 Å². The first kappa shape index (κ1) is 15.8. The first-order valence-corrected chi connectivity index (χ1v) is 7.88. The molecule has 21 heavy (non-hydrogen) atoms. The van der Waals surface area contributed by atoms with Crippen molar-refractivity contribution in [1.29, 1.82) is 0 Å². The Morgan fingerprint density at radius 3 is 2.76 bits per heavy atom. The molecule has 0 atom stereocenters. The van der Waals surface area contributed by atoms with Crippen LogP contribution in [0, 0.1) is 0 Å². The van der Waals surface area contributed by atoms with Crippen LogP contribution in [0.3, 0.4) is 0 Å². The number of anilines is 1. The molecule has 0 saturated carbocycles. The average Bonchev–Trinajstić information content (AvgIpc) is 2.52. The van der Waals surface area contributed by atoms with Gasteiger partial charge in [0.25, 0.3) is 5.91 Å². The first-order chi connectivity index (χ1) is 10.2. The minimum absolute atomic E-state index is 0.0420. The highest BCUT2D eigenvalue weighted by Gasteiger charge is 2.21. The van der Waals surface area contributed by atoms with Gasteiger partial charge in [0.1, 0.15) is 5.69 Å². The van der Waals surface area contributed by atoms with Crippen molar-refractivity contribution in [3.8, 4) is 0 Å². The standard InChI is InChI=1S/C16H26N4O/c1-3-4-5-7-17-14-6-8-18-15(13-14)16(21)20-11-9-19(2)10-12-20/h6,8,13H,3-5,7,9-12H2,1-2H3,(H,17,18). The van der Waals surface area contributed by atoms with Gasteiger partial charge in [-0.1, -0.05) is 19.8 Å². The number of aromatic nitrogens is 1. The summed E-state index contributed by atoms with van der Waals surface area (Å²) in [7, 11) is 2.08. The van der Waals surface area contributed by atoms with Crippen LogP contribution in [0.15, 0.2) is 18.3 Å². The number of pyridine rings is 1. The van der Waals surface area contributed by atoms with Crippen LogP contribution in [0.2, 0.25) is 0 Å². The van der Waals surface area contributed by atoms with E-state index < -0.39 is 0 Å². The Kier molecular flexibility index (Phi) is 5.99. The van der Waals surface area contributed by atoms with E-state index >= 15 is 0 Å². The molecular formula is C16H26N4O. The quantitative estimate of drug-likeness (QED) is 0.815. The van der Waals surface area contributed by atoms with Crippen molar-refractivity contribution < 1.29 is 4.79 Å². The summed E-state index contributed by atoms with van der Waals surface area (Å²) in [4.78, 5) is 20.8. The van der Waals surface area contributed by atoms with E-state index in [0.717, 1.165) is 44.8 Å². The van der Waals surface area contributed by atoms with Crippen LogP contribution in [0.5, 0.6) is 0 Å². The van der Waals surface area contributed by atoms with Crippen LogP contribution in [-0.2, 0) is 0 Å². The summed E-state index contributed by atoms with van der Waals surface area (Å²) in [6.45, 7) is 6.57. The Balaban J connectivity index is 1.91. The zero-order chi connectivity index (χ0) is 15.1. The van der Waals surface area contributed by atoms with E-state index in [4.69, 9.17) is 0 Å². The number of hydrogen-bond acceptors (Lipinski definition) is 4. The third-order valence-electron chi connectivity index (χ3n) is 3.88. The predicted octanol–water partition coefficient (Wildman–Crippen LogP) is 2.07. The molecule has 0 bridgehead atoms. The minimum atomic E-state index is 0.0420. The topological polar surface area (TPSA) is 48.5 Å². The lowest BCUT2D eigenvalue weighted by Crippen LogP contribution is -2.47. The number of nitrogens with one attached hydrogen (secondary N) is 1. The van der Waals surface area contributed by atoms with Crippen molar-refractivity contribution in [3.05, 3.63) is 24.0 Å². The number of carbonyl (C=O) groups is 1. The first-order valence-electron chi connectivity index (χ1n) is 7.88. The van der Waals surface area contributed by atoms with E-state index in [1.807, 2.05) is 17.0 Å². The summed E-state index contributed by atoms with van der Waals surface area (Å²) in [5.41, 5.74) is 1.53. The lowest BCUT2D eigenvalue weighted by atomic mass is 10.2. The molecule has 0 spiro atoms. The summed E-state index contributed by atoms with van der Waals surface area (Å²) in [6.07, 6.45) is 5.31. The highest BCUT2D eigenvalue weighted by Crippen LogP contribution is 2.12. The average molecular weight is 290 g/mol. The Hall–Kier alpha value is -1.62. The van der Waals surface area contributed by atoms with E-state index in [0.29, 0.717) is 5.69 Å². The van der Waals surface area contributed by atoms with Gasteiger partial charge in [-0.15, -0.1) is 0 Å². The zero-order valence-corrected chi connectivity index (χ0v) is 13.1. The number of rotatable bonds is 6. The van der Waals surface area contributed by atoms with E-state index in [9.17, 15) is 4.79 Å². The SMILES string of the molecule is CCCCCNc1ccnc(C(=O)N2CCN(C)CC2)c1. The molecule has 0 unspecified atom stereocenters. The maximum absolute atomic E-state index is 12.5. The molecule has 2 rings (SSSR count). The second kappa shape index (κ2) is 7.98. The number of amides is 1. The molecule has 5 nitrogen and oxygen atoms in total. The van der Waals surface area contributed by atoms with Crippen molar-refractivity contribution in [2.24, 2.45) is 0 Å². The van der Waals surface area contributed by atoms with Crippen LogP contribution in [0.25, 0.3) is 0 Å². The molecule has 1 N–H and O–H groups in total. The van der Waals surface area contributed by atoms with Gasteiger partial charge >= 0.3 is 0 Å². The maximum Gasteiger partial charge on any atom is 0.272 e. The Labute approximate surface area is 127 Å². The molecule has 0 aromatic carbocycles. The van der Waals surface area contributed by atoms with Gasteiger partial charge in [0.2, 0.25) is 0 Å². The van der Waals surface area contributed by atoms with Gasteiger partial charge in [-0.2, -0.15) is 0 Å². The van der Waals surface area contributed by atoms with Crippen molar-refractivity contribution in [2.45, 2.75) is 26.2 Å². The molecule has 1 aromatic rings. The lowest BCUT2D eigenvalue weighted by molar-refractivity contribution is 0.0658. The summed E-state index contributed by atoms with van der Waals surface area (Å²) in [5, 5.41) is 3.37. The largest absolute Gasteiger partial charge is 0.385 e. The number of piperazine rings is 1. The summed E-state index contributed by atoms with van der Waals surface area (Å²) < 4.78 is 0. The van der Waals surface area contributed by atoms with E-state index in [1.165, 1.54) is 12.8 Å². The normalized spacial score (nSPS) is 16.0. The van der Waals surface area contributed by atoms with Crippen LogP contribution in [0.4, 0.5) is 5.69 Å². The molecule has 1 amide bonds. The molecule has 1 aliphatic heterocycles. The Bertz CT molecular complexity index is 455. The van der Waals surface area contributed by atoms with E-state index in [1.54, 1.807) is 6.20 Å². The summed E-state index contributed by atoms with van der Waals surface area (Å²) >= 11 is 0. The van der Waals surface area contributed by atoms with Crippen molar-refractivity contribution in [2.75, 3.05) is 45.1 Å². The second-order valence-corrected chi connectivity index (χ2v) is 5.66. The number of unbranched alkanes of at least 4 members (excludes halogenated alkanes) is 2. The van der Waals surface area contributed by atoms with Crippen molar-refractivity contribution in [3.63, 3.8) is 0 Å². The van der Waals surface area contributed by atoms with Gasteiger partial charge < -0.3 is 15.1 Å². The lowest BCUT2D eigenvalue weighted by Gasteiger charge is -2.32. The van der Waals surface area contributed by atoms with Gasteiger partial charge in [-0.05, 0) is 25.6 Å². The predicted molar refractivity (Wildman–Crippen MR) is 85.7 cm³/mol. The zero-order valence-electron chi connectivity index (χ0n) is 13.1. The molecule has 116 valence electrons. The van der Waals surface area contributed by atoms with E-state index in [-0.39, 0.29) is 5.91 Å². The molecule has 1 aromatic heterocycles. The number of nitrogens with zero attached hydrogens (tertiary/aromatic N) is 3. The molecule has 5 heteroatoms. The fourth-order valence-electron chi connectivity index (χ4n) is 2.44. The fourth-order valence-corrected chi connectivity index (χ4v) is 2.44. The van der Waals surface area contributed by atoms with E-state index in [2.05, 4.69) is 29.2 Å². The van der Waals surface area contributed by atoms with Crippen LogP contribution < -0.4 is 5.32 Å². The minimum Gasteiger partial charge on any atom is -0.385 e. The molecule has 1 saturated heterocycles. The third kappa shape index (κ3) is 4.70. The van der Waals surface area contributed by atoms with Gasteiger partial charge in [0.15, 0.2) is 0 Å². The summed E-state index contributed by atoms with van der Waals surface area (Å²) in [6, 6.07) is 3.79. The monoisotopic (exact) mass is 290 g/mol. The van der Waals surface area contributed by atoms with Gasteiger partial charge in [-0.25, -0.2) is 0 Å². The van der Waals surface area contributed by atoms with Crippen molar-refractivity contribution >= 4 is 11.6 Å². The second-order valence-electron chi connectivity index (χ2n) is 5.66. The molecule has 0 radical (unpaired) electrons. The summed E-state index contributed by atoms with van der Waals surface area (Å²) in [5.74, 6) is 0.0420. The smallest absolute Gasteiger partial charge is 0.272 e. The Morgan fingerprint density at radius 2 is 2.05 bits per heavy atom. The highest BCUT2D eigenvalue weighted by atomic mass is 16.2. The number of likely N-dealkylation sites (N-methyl/N-ethyl adjacent to an activating group) is 1. The van der Waals surface area contributed by atoms with Crippen LogP contribution >= 0.6 is 0 Å². The number of hydrogen-bond donors (Lipinski definition) is 1. The fraction of sp³-hybridized carbons (Fsp3) is 0.625. The highest BCUT2D eigenvalue weighted by molar-refractivity contribution is 5.93. The number of carbonyl (C=O) groups excluding carboxylic acids is 1. The molecular weight excluding hydrogens is 264 g/mol. The molecule has 1 aliphatic rings. The molecule has 1 fully saturated rings. The van der Waals surface area contributed by atoms with Gasteiger partial charge in [0.05, 0.1) is 0 Å². The third-order valence-corrected chi connectivity index (χ3v) is 3.88. The van der Waals surface area contributed by atoms with Gasteiger partial charge in [-0.3, -0.25) is 9.78 Å².